The van der Waals surface area contributed by atoms with Gasteiger partial charge in [0.15, 0.2) is 0 Å². The molecule has 0 aromatic heterocycles. The highest BCUT2D eigenvalue weighted by Gasteiger charge is 2.38. The van der Waals surface area contributed by atoms with Crippen LogP contribution >= 0.6 is 0 Å². The molecule has 6 nitrogen and oxygen atoms in total. The van der Waals surface area contributed by atoms with Crippen molar-refractivity contribution in [1.82, 2.24) is 0 Å². The van der Waals surface area contributed by atoms with Gasteiger partial charge in [-0.1, -0.05) is 12.1 Å². The SMILES string of the molecule is CCOC(=O)Nc1ccc2cc(C#N)ccc2c1.O=C(O)C(F)(F)F. The topological polar surface area (TPSA) is 99.4 Å². The Hall–Kier alpha value is -3.28. The normalized spacial score (nSPS) is 10.2. The lowest BCUT2D eigenvalue weighted by Gasteiger charge is -2.06. The summed E-state index contributed by atoms with van der Waals surface area (Å²) in [6.07, 6.45) is -5.55. The van der Waals surface area contributed by atoms with E-state index in [1.807, 2.05) is 24.3 Å². The first-order chi connectivity index (χ1) is 11.7. The van der Waals surface area contributed by atoms with Crippen LogP contribution in [0.1, 0.15) is 12.5 Å². The van der Waals surface area contributed by atoms with Crippen molar-refractivity contribution >= 4 is 28.5 Å². The summed E-state index contributed by atoms with van der Waals surface area (Å²) < 4.78 is 36.5. The van der Waals surface area contributed by atoms with Gasteiger partial charge in [0, 0.05) is 5.69 Å². The molecule has 0 aliphatic carbocycles. The highest BCUT2D eigenvalue weighted by molar-refractivity contribution is 5.91. The van der Waals surface area contributed by atoms with Crippen LogP contribution in [0.5, 0.6) is 0 Å². The van der Waals surface area contributed by atoms with Crippen molar-refractivity contribution in [3.05, 3.63) is 42.0 Å². The number of rotatable bonds is 2. The minimum Gasteiger partial charge on any atom is -0.475 e. The maximum absolute atomic E-state index is 11.3. The van der Waals surface area contributed by atoms with Gasteiger partial charge in [-0.2, -0.15) is 18.4 Å². The van der Waals surface area contributed by atoms with Crippen LogP contribution in [0.15, 0.2) is 36.4 Å². The van der Waals surface area contributed by atoms with E-state index in [4.69, 9.17) is 19.9 Å². The molecule has 0 saturated carbocycles. The predicted octanol–water partition coefficient (Wildman–Crippen LogP) is 3.91. The van der Waals surface area contributed by atoms with Gasteiger partial charge in [-0.15, -0.1) is 0 Å². The molecule has 0 unspecified atom stereocenters. The molecule has 132 valence electrons. The van der Waals surface area contributed by atoms with Gasteiger partial charge in [-0.05, 0) is 42.0 Å². The van der Waals surface area contributed by atoms with E-state index >= 15 is 0 Å². The van der Waals surface area contributed by atoms with Gasteiger partial charge in [0.1, 0.15) is 0 Å². The molecule has 2 rings (SSSR count). The van der Waals surface area contributed by atoms with Crippen molar-refractivity contribution in [2.24, 2.45) is 0 Å². The number of carboxylic acid groups (broad SMARTS) is 1. The second-order valence-electron chi connectivity index (χ2n) is 4.54. The van der Waals surface area contributed by atoms with Gasteiger partial charge in [0.05, 0.1) is 18.2 Å². The molecule has 0 fully saturated rings. The summed E-state index contributed by atoms with van der Waals surface area (Å²) in [7, 11) is 0. The van der Waals surface area contributed by atoms with Gasteiger partial charge in [0.25, 0.3) is 0 Å². The van der Waals surface area contributed by atoms with Crippen LogP contribution in [0.25, 0.3) is 10.8 Å². The van der Waals surface area contributed by atoms with E-state index in [2.05, 4.69) is 11.4 Å². The number of carbonyl (C=O) groups is 2. The van der Waals surface area contributed by atoms with E-state index in [-0.39, 0.29) is 0 Å². The quantitative estimate of drug-likeness (QED) is 0.852. The van der Waals surface area contributed by atoms with E-state index in [1.165, 1.54) is 0 Å². The third-order valence-electron chi connectivity index (χ3n) is 2.73. The number of halogens is 3. The number of fused-ring (bicyclic) bond motifs is 1. The van der Waals surface area contributed by atoms with Crippen molar-refractivity contribution in [2.45, 2.75) is 13.1 Å². The van der Waals surface area contributed by atoms with Crippen molar-refractivity contribution in [2.75, 3.05) is 11.9 Å². The fraction of sp³-hybridized carbons (Fsp3) is 0.188. The molecular formula is C16H13F3N2O4. The van der Waals surface area contributed by atoms with Gasteiger partial charge >= 0.3 is 18.2 Å². The Labute approximate surface area is 140 Å². The summed E-state index contributed by atoms with van der Waals surface area (Å²) >= 11 is 0. The molecule has 1 amide bonds. The Kier molecular flexibility index (Phi) is 6.75. The molecule has 9 heteroatoms. The van der Waals surface area contributed by atoms with Gasteiger partial charge in [-0.25, -0.2) is 9.59 Å². The molecule has 2 aromatic carbocycles. The first kappa shape index (κ1) is 19.8. The summed E-state index contributed by atoms with van der Waals surface area (Å²) in [6, 6.07) is 13.0. The Morgan fingerprint density at radius 1 is 1.20 bits per heavy atom. The predicted molar refractivity (Wildman–Crippen MR) is 83.0 cm³/mol. The van der Waals surface area contributed by atoms with Crippen LogP contribution in [0.3, 0.4) is 0 Å². The van der Waals surface area contributed by atoms with Crippen LogP contribution in [-0.4, -0.2) is 30.0 Å². The van der Waals surface area contributed by atoms with E-state index in [0.29, 0.717) is 17.9 Å². The Morgan fingerprint density at radius 3 is 2.28 bits per heavy atom. The lowest BCUT2D eigenvalue weighted by molar-refractivity contribution is -0.192. The lowest BCUT2D eigenvalue weighted by Crippen LogP contribution is -2.21. The number of nitrogens with zero attached hydrogens (tertiary/aromatic N) is 1. The smallest absolute Gasteiger partial charge is 0.475 e. The van der Waals surface area contributed by atoms with Crippen LogP contribution in [0.4, 0.5) is 23.7 Å². The zero-order chi connectivity index (χ0) is 19.0. The molecule has 0 radical (unpaired) electrons. The van der Waals surface area contributed by atoms with Crippen LogP contribution in [0.2, 0.25) is 0 Å². The number of carboxylic acids is 1. The Bertz CT molecular complexity index is 813. The molecule has 0 saturated heterocycles. The van der Waals surface area contributed by atoms with Gasteiger partial charge in [-0.3, -0.25) is 5.32 Å². The zero-order valence-corrected chi connectivity index (χ0v) is 12.9. The fourth-order valence-electron chi connectivity index (χ4n) is 1.68. The highest BCUT2D eigenvalue weighted by atomic mass is 19.4. The molecule has 2 N–H and O–H groups in total. The number of benzene rings is 2. The number of nitrogens with one attached hydrogen (secondary N) is 1. The summed E-state index contributed by atoms with van der Waals surface area (Å²) in [5.41, 5.74) is 1.29. The molecule has 25 heavy (non-hydrogen) atoms. The second kappa shape index (κ2) is 8.54. The second-order valence-corrected chi connectivity index (χ2v) is 4.54. The van der Waals surface area contributed by atoms with Crippen molar-refractivity contribution in [1.29, 1.82) is 5.26 Å². The van der Waals surface area contributed by atoms with Crippen molar-refractivity contribution in [3.63, 3.8) is 0 Å². The number of aliphatic carboxylic acids is 1. The van der Waals surface area contributed by atoms with Crippen molar-refractivity contribution < 1.29 is 32.6 Å². The van der Waals surface area contributed by atoms with E-state index in [1.54, 1.807) is 19.1 Å². The van der Waals surface area contributed by atoms with Crippen LogP contribution in [0, 0.1) is 11.3 Å². The zero-order valence-electron chi connectivity index (χ0n) is 12.9. The number of hydrogen-bond donors (Lipinski definition) is 2. The molecule has 0 aliphatic rings. The molecule has 0 heterocycles. The Morgan fingerprint density at radius 2 is 1.76 bits per heavy atom. The van der Waals surface area contributed by atoms with Crippen molar-refractivity contribution in [3.8, 4) is 6.07 Å². The number of anilines is 1. The Balaban J connectivity index is 0.000000381. The van der Waals surface area contributed by atoms with E-state index < -0.39 is 18.2 Å². The summed E-state index contributed by atoms with van der Waals surface area (Å²) in [5, 5.41) is 20.5. The summed E-state index contributed by atoms with van der Waals surface area (Å²) in [4.78, 5) is 20.2. The number of alkyl halides is 3. The standard InChI is InChI=1S/C14H12N2O2.C2HF3O2/c1-2-18-14(17)16-13-6-5-11-7-10(9-15)3-4-12(11)8-13;3-2(4,5)1(6)7/h3-8H,2H2,1H3,(H,16,17);(H,6,7). The molecule has 0 atom stereocenters. The maximum Gasteiger partial charge on any atom is 0.490 e. The minimum atomic E-state index is -5.08. The molecule has 2 aromatic rings. The number of amides is 1. The minimum absolute atomic E-state index is 0.338. The fourth-order valence-corrected chi connectivity index (χ4v) is 1.68. The monoisotopic (exact) mass is 354 g/mol. The number of ether oxygens (including phenoxy) is 1. The first-order valence-corrected chi connectivity index (χ1v) is 6.85. The average molecular weight is 354 g/mol. The molecule has 0 aliphatic heterocycles. The molecule has 0 spiro atoms. The van der Waals surface area contributed by atoms with E-state index in [9.17, 15) is 18.0 Å². The van der Waals surface area contributed by atoms with E-state index in [0.717, 1.165) is 10.8 Å². The highest BCUT2D eigenvalue weighted by Crippen LogP contribution is 2.20. The van der Waals surface area contributed by atoms with Gasteiger partial charge in [0.2, 0.25) is 0 Å². The average Bonchev–Trinajstić information content (AvgIpc) is 2.54. The largest absolute Gasteiger partial charge is 0.490 e. The van der Waals surface area contributed by atoms with Crippen LogP contribution < -0.4 is 5.32 Å². The lowest BCUT2D eigenvalue weighted by atomic mass is 10.1. The summed E-state index contributed by atoms with van der Waals surface area (Å²) in [5.74, 6) is -2.76. The number of nitriles is 1. The van der Waals surface area contributed by atoms with Crippen LogP contribution in [-0.2, 0) is 9.53 Å². The maximum atomic E-state index is 11.3. The first-order valence-electron chi connectivity index (χ1n) is 6.85. The third kappa shape index (κ3) is 6.39. The number of carbonyl (C=O) groups excluding carboxylic acids is 1. The third-order valence-corrected chi connectivity index (χ3v) is 2.73. The van der Waals surface area contributed by atoms with Gasteiger partial charge < -0.3 is 9.84 Å². The molecule has 0 bridgehead atoms. The summed E-state index contributed by atoms with van der Waals surface area (Å²) in [6.45, 7) is 2.09. The molecular weight excluding hydrogens is 341 g/mol. The number of hydrogen-bond acceptors (Lipinski definition) is 4.